The van der Waals surface area contributed by atoms with Crippen molar-refractivity contribution in [1.82, 2.24) is 9.55 Å². The molecular weight excluding hydrogens is 326 g/mol. The van der Waals surface area contributed by atoms with Crippen molar-refractivity contribution in [1.29, 1.82) is 0 Å². The van der Waals surface area contributed by atoms with Crippen LogP contribution in [0.5, 0.6) is 5.75 Å². The van der Waals surface area contributed by atoms with Crippen LogP contribution in [-0.4, -0.2) is 28.3 Å². The number of carbonyl (C=O) groups excluding carboxylic acids is 1. The number of anilines is 1. The smallest absolute Gasteiger partial charge is 0.273 e. The molecule has 1 aliphatic carbocycles. The highest BCUT2D eigenvalue weighted by Crippen LogP contribution is 2.37. The van der Waals surface area contributed by atoms with Gasteiger partial charge in [-0.15, -0.1) is 0 Å². The lowest BCUT2D eigenvalue weighted by molar-refractivity contribution is -0.113. The Kier molecular flexibility index (Phi) is 4.89. The number of rotatable bonds is 6. The minimum atomic E-state index is -0.282. The number of hydrogen-bond donors (Lipinski definition) is 1. The van der Waals surface area contributed by atoms with Gasteiger partial charge in [-0.25, -0.2) is 0 Å². The molecule has 1 N–H and O–H groups in total. The number of carbonyl (C=O) groups is 1. The molecule has 1 aromatic carbocycles. The maximum atomic E-state index is 12.2. The van der Waals surface area contributed by atoms with Crippen molar-refractivity contribution in [3.05, 3.63) is 46.4 Å². The summed E-state index contributed by atoms with van der Waals surface area (Å²) < 4.78 is 7.24. The summed E-state index contributed by atoms with van der Waals surface area (Å²) in [4.78, 5) is 27.8. The second-order valence-corrected chi connectivity index (χ2v) is 6.67. The second kappa shape index (κ2) is 7.09. The van der Waals surface area contributed by atoms with Gasteiger partial charge in [0.05, 0.1) is 18.6 Å². The number of aromatic nitrogens is 2. The molecule has 0 radical (unpaired) electrons. The average molecular weight is 345 g/mol. The molecular formula is C17H19N3O3S. The SMILES string of the molecule is COc1ccc(C)cc1NC(=O)CSc1nc(=O)ccn1C1CC1. The first kappa shape index (κ1) is 16.6. The minimum absolute atomic E-state index is 0.163. The van der Waals surface area contributed by atoms with E-state index in [4.69, 9.17) is 4.74 Å². The van der Waals surface area contributed by atoms with Crippen molar-refractivity contribution >= 4 is 23.4 Å². The zero-order valence-corrected chi connectivity index (χ0v) is 14.4. The van der Waals surface area contributed by atoms with Gasteiger partial charge in [-0.05, 0) is 37.5 Å². The third-order valence-electron chi connectivity index (χ3n) is 3.71. The van der Waals surface area contributed by atoms with Crippen LogP contribution in [0.1, 0.15) is 24.4 Å². The van der Waals surface area contributed by atoms with E-state index in [0.717, 1.165) is 18.4 Å². The number of amides is 1. The summed E-state index contributed by atoms with van der Waals surface area (Å²) in [5.74, 6) is 0.635. The van der Waals surface area contributed by atoms with E-state index in [1.165, 1.54) is 17.8 Å². The first-order chi connectivity index (χ1) is 11.6. The Hall–Kier alpha value is -2.28. The number of thioether (sulfide) groups is 1. The lowest BCUT2D eigenvalue weighted by Crippen LogP contribution is -2.17. The lowest BCUT2D eigenvalue weighted by Gasteiger charge is -2.12. The number of aryl methyl sites for hydroxylation is 1. The third kappa shape index (κ3) is 3.97. The van der Waals surface area contributed by atoms with Crippen LogP contribution in [-0.2, 0) is 4.79 Å². The van der Waals surface area contributed by atoms with Gasteiger partial charge in [0, 0.05) is 18.3 Å². The summed E-state index contributed by atoms with van der Waals surface area (Å²) >= 11 is 1.27. The number of ether oxygens (including phenoxy) is 1. The van der Waals surface area contributed by atoms with Gasteiger partial charge >= 0.3 is 0 Å². The normalized spacial score (nSPS) is 13.6. The summed E-state index contributed by atoms with van der Waals surface area (Å²) in [6.45, 7) is 1.95. The van der Waals surface area contributed by atoms with Crippen LogP contribution in [0.2, 0.25) is 0 Å². The van der Waals surface area contributed by atoms with Crippen molar-refractivity contribution in [3.63, 3.8) is 0 Å². The Morgan fingerprint density at radius 3 is 2.92 bits per heavy atom. The average Bonchev–Trinajstić information content (AvgIpc) is 3.38. The van der Waals surface area contributed by atoms with Crippen molar-refractivity contribution in [2.75, 3.05) is 18.2 Å². The van der Waals surface area contributed by atoms with E-state index < -0.39 is 0 Å². The zero-order valence-electron chi connectivity index (χ0n) is 13.6. The highest BCUT2D eigenvalue weighted by Gasteiger charge is 2.25. The quantitative estimate of drug-likeness (QED) is 0.643. The predicted molar refractivity (Wildman–Crippen MR) is 93.9 cm³/mol. The van der Waals surface area contributed by atoms with Crippen molar-refractivity contribution in [3.8, 4) is 5.75 Å². The number of benzene rings is 1. The molecule has 1 amide bonds. The molecule has 6 nitrogen and oxygen atoms in total. The van der Waals surface area contributed by atoms with Crippen molar-refractivity contribution in [2.45, 2.75) is 31.0 Å². The van der Waals surface area contributed by atoms with E-state index in [9.17, 15) is 9.59 Å². The number of hydrogen-bond acceptors (Lipinski definition) is 5. The Morgan fingerprint density at radius 1 is 1.42 bits per heavy atom. The predicted octanol–water partition coefficient (Wildman–Crippen LogP) is 2.63. The van der Waals surface area contributed by atoms with Gasteiger partial charge < -0.3 is 14.6 Å². The molecule has 0 bridgehead atoms. The summed E-state index contributed by atoms with van der Waals surface area (Å²) in [6.07, 6.45) is 3.94. The zero-order chi connectivity index (χ0) is 17.1. The van der Waals surface area contributed by atoms with E-state index in [0.29, 0.717) is 22.6 Å². The molecule has 0 saturated heterocycles. The standard InChI is InChI=1S/C17H19N3O3S/c1-11-3-6-14(23-2)13(9-11)18-16(22)10-24-17-19-15(21)7-8-20(17)12-4-5-12/h3,6-9,12H,4-5,10H2,1-2H3,(H,18,22). The van der Waals surface area contributed by atoms with Crippen LogP contribution >= 0.6 is 11.8 Å². The van der Waals surface area contributed by atoms with Crippen LogP contribution in [0.15, 0.2) is 40.4 Å². The molecule has 0 unspecified atom stereocenters. The molecule has 1 heterocycles. The number of nitrogens with one attached hydrogen (secondary N) is 1. The fourth-order valence-corrected chi connectivity index (χ4v) is 3.22. The first-order valence-corrected chi connectivity index (χ1v) is 8.72. The molecule has 7 heteroatoms. The monoisotopic (exact) mass is 345 g/mol. The Bertz CT molecular complexity index is 815. The van der Waals surface area contributed by atoms with Gasteiger partial charge in [0.2, 0.25) is 5.91 Å². The van der Waals surface area contributed by atoms with Gasteiger partial charge in [0.1, 0.15) is 5.75 Å². The van der Waals surface area contributed by atoms with Crippen LogP contribution < -0.4 is 15.6 Å². The Balaban J connectivity index is 1.67. The topological polar surface area (TPSA) is 73.2 Å². The molecule has 1 aliphatic rings. The molecule has 3 rings (SSSR count). The van der Waals surface area contributed by atoms with Gasteiger partial charge in [-0.2, -0.15) is 4.98 Å². The third-order valence-corrected chi connectivity index (χ3v) is 4.67. The summed E-state index contributed by atoms with van der Waals surface area (Å²) in [5, 5.41) is 3.45. The molecule has 1 fully saturated rings. The molecule has 1 aromatic heterocycles. The van der Waals surface area contributed by atoms with E-state index in [1.807, 2.05) is 29.7 Å². The number of methoxy groups -OCH3 is 1. The largest absolute Gasteiger partial charge is 0.495 e. The molecule has 0 aliphatic heterocycles. The van der Waals surface area contributed by atoms with Gasteiger partial charge in [-0.1, -0.05) is 17.8 Å². The summed E-state index contributed by atoms with van der Waals surface area (Å²) in [6, 6.07) is 7.47. The molecule has 24 heavy (non-hydrogen) atoms. The Labute approximate surface area is 144 Å². The first-order valence-electron chi connectivity index (χ1n) is 7.73. The minimum Gasteiger partial charge on any atom is -0.495 e. The van der Waals surface area contributed by atoms with Crippen molar-refractivity contribution in [2.24, 2.45) is 0 Å². The lowest BCUT2D eigenvalue weighted by atomic mass is 10.2. The highest BCUT2D eigenvalue weighted by molar-refractivity contribution is 7.99. The molecule has 1 saturated carbocycles. The number of nitrogens with zero attached hydrogens (tertiary/aromatic N) is 2. The maximum absolute atomic E-state index is 12.2. The maximum Gasteiger partial charge on any atom is 0.273 e. The van der Waals surface area contributed by atoms with Crippen LogP contribution in [0.25, 0.3) is 0 Å². The molecule has 2 aromatic rings. The van der Waals surface area contributed by atoms with Gasteiger partial charge in [-0.3, -0.25) is 9.59 Å². The van der Waals surface area contributed by atoms with Crippen molar-refractivity contribution < 1.29 is 9.53 Å². The van der Waals surface area contributed by atoms with Gasteiger partial charge in [0.25, 0.3) is 5.56 Å². The van der Waals surface area contributed by atoms with E-state index in [1.54, 1.807) is 13.3 Å². The fraction of sp³-hybridized carbons (Fsp3) is 0.353. The summed E-state index contributed by atoms with van der Waals surface area (Å²) in [5.41, 5.74) is 1.39. The second-order valence-electron chi connectivity index (χ2n) is 5.73. The highest BCUT2D eigenvalue weighted by atomic mass is 32.2. The summed E-state index contributed by atoms with van der Waals surface area (Å²) in [7, 11) is 1.57. The fourth-order valence-electron chi connectivity index (χ4n) is 2.37. The molecule has 0 atom stereocenters. The van der Waals surface area contributed by atoms with E-state index >= 15 is 0 Å². The molecule has 0 spiro atoms. The van der Waals surface area contributed by atoms with E-state index in [2.05, 4.69) is 10.3 Å². The molecule has 126 valence electrons. The van der Waals surface area contributed by atoms with Crippen LogP contribution in [0, 0.1) is 6.92 Å². The van der Waals surface area contributed by atoms with E-state index in [-0.39, 0.29) is 17.2 Å². The van der Waals surface area contributed by atoms with Crippen LogP contribution in [0.4, 0.5) is 5.69 Å². The van der Waals surface area contributed by atoms with Gasteiger partial charge in [0.15, 0.2) is 5.16 Å². The Morgan fingerprint density at radius 2 is 2.21 bits per heavy atom. The van der Waals surface area contributed by atoms with Crippen LogP contribution in [0.3, 0.4) is 0 Å².